The van der Waals surface area contributed by atoms with Crippen LogP contribution in [0, 0.1) is 10.6 Å². The van der Waals surface area contributed by atoms with Gasteiger partial charge in [0.05, 0.1) is 12.2 Å². The molecule has 1 saturated carbocycles. The maximum absolute atomic E-state index is 14.5. The van der Waals surface area contributed by atoms with Crippen LogP contribution in [-0.4, -0.2) is 58.1 Å². The molecule has 178 valence electrons. The Labute approximate surface area is 203 Å². The normalized spacial score (nSPS) is 18.0. The van der Waals surface area contributed by atoms with E-state index in [1.165, 1.54) is 15.8 Å². The first-order valence-electron chi connectivity index (χ1n) is 11.3. The zero-order valence-corrected chi connectivity index (χ0v) is 20.3. The third kappa shape index (κ3) is 4.90. The van der Waals surface area contributed by atoms with Gasteiger partial charge in [-0.3, -0.25) is 9.47 Å². The highest BCUT2D eigenvalue weighted by molar-refractivity contribution is 7.92. The number of piperazine rings is 1. The summed E-state index contributed by atoms with van der Waals surface area (Å²) in [5, 5.41) is 5.95. The molecule has 0 spiro atoms. The monoisotopic (exact) mass is 499 g/mol. The second-order valence-corrected chi connectivity index (χ2v) is 10.8. The highest BCUT2D eigenvalue weighted by Gasteiger charge is 2.31. The van der Waals surface area contributed by atoms with E-state index < -0.39 is 10.0 Å². The van der Waals surface area contributed by atoms with E-state index in [2.05, 4.69) is 10.00 Å². The Hall–Kier alpha value is -2.66. The summed E-state index contributed by atoms with van der Waals surface area (Å²) >= 11 is 5.70. The first-order chi connectivity index (χ1) is 16.4. The Morgan fingerprint density at radius 2 is 1.68 bits per heavy atom. The number of halogens is 1. The van der Waals surface area contributed by atoms with Gasteiger partial charge in [0.2, 0.25) is 10.0 Å². The van der Waals surface area contributed by atoms with Crippen molar-refractivity contribution in [3.05, 3.63) is 76.2 Å². The van der Waals surface area contributed by atoms with Crippen molar-refractivity contribution in [1.82, 2.24) is 23.6 Å². The van der Waals surface area contributed by atoms with Gasteiger partial charge >= 0.3 is 0 Å². The van der Waals surface area contributed by atoms with Crippen molar-refractivity contribution in [3.8, 4) is 11.4 Å². The summed E-state index contributed by atoms with van der Waals surface area (Å²) in [7, 11) is -3.50. The van der Waals surface area contributed by atoms with E-state index >= 15 is 0 Å². The number of hydrogen-bond acceptors (Lipinski definition) is 5. The Kier molecular flexibility index (Phi) is 6.48. The molecule has 10 heteroatoms. The fraction of sp³-hybridized carbons (Fsp3) is 0.333. The standard InChI is InChI=1S/C24H26FN5O2S2/c25-22-9-5-4-8-21(22)23-26-29(24(33)30(23)20-10-11-20)18-27-13-15-28(16-14-27)34(31,32)17-12-19-6-2-1-3-7-19/h1-9,12,17,20H,10-11,13-16,18H2/b17-12+. The maximum atomic E-state index is 14.5. The van der Waals surface area contributed by atoms with Gasteiger partial charge in [0.25, 0.3) is 0 Å². The number of nitrogens with zero attached hydrogens (tertiary/aromatic N) is 5. The molecule has 0 bridgehead atoms. The fourth-order valence-electron chi connectivity index (χ4n) is 4.13. The molecule has 2 aliphatic rings. The summed E-state index contributed by atoms with van der Waals surface area (Å²) in [6, 6.07) is 16.2. The van der Waals surface area contributed by atoms with Crippen molar-refractivity contribution >= 4 is 28.3 Å². The van der Waals surface area contributed by atoms with Crippen LogP contribution < -0.4 is 0 Å². The lowest BCUT2D eigenvalue weighted by atomic mass is 10.2. The molecular formula is C24H26FN5O2S2. The molecule has 2 heterocycles. The SMILES string of the molecule is O=S(=O)(/C=C/c1ccccc1)N1CCN(Cn2nc(-c3ccccc3F)n(C3CC3)c2=S)CC1. The first kappa shape index (κ1) is 23.1. The minimum Gasteiger partial charge on any atom is -0.297 e. The zero-order chi connectivity index (χ0) is 23.7. The molecule has 1 aliphatic carbocycles. The number of aromatic nitrogens is 3. The summed E-state index contributed by atoms with van der Waals surface area (Å²) in [6.45, 7) is 2.33. The van der Waals surface area contributed by atoms with Crippen LogP contribution in [0.4, 0.5) is 4.39 Å². The lowest BCUT2D eigenvalue weighted by Crippen LogP contribution is -2.48. The smallest absolute Gasteiger partial charge is 0.236 e. The molecule has 0 N–H and O–H groups in total. The maximum Gasteiger partial charge on any atom is 0.236 e. The third-order valence-electron chi connectivity index (χ3n) is 6.15. The van der Waals surface area contributed by atoms with Gasteiger partial charge in [-0.05, 0) is 48.8 Å². The Morgan fingerprint density at radius 3 is 2.35 bits per heavy atom. The number of sulfonamides is 1. The van der Waals surface area contributed by atoms with Crippen LogP contribution in [0.2, 0.25) is 0 Å². The molecule has 3 aromatic rings. The van der Waals surface area contributed by atoms with Gasteiger partial charge in [0.1, 0.15) is 5.82 Å². The minimum absolute atomic E-state index is 0.259. The van der Waals surface area contributed by atoms with Gasteiger partial charge < -0.3 is 0 Å². The molecule has 0 unspecified atom stereocenters. The largest absolute Gasteiger partial charge is 0.297 e. The molecule has 0 amide bonds. The first-order valence-corrected chi connectivity index (χ1v) is 13.2. The number of hydrogen-bond donors (Lipinski definition) is 0. The Balaban J connectivity index is 1.28. The van der Waals surface area contributed by atoms with E-state index in [0.29, 0.717) is 49.0 Å². The number of rotatable bonds is 7. The van der Waals surface area contributed by atoms with Crippen molar-refractivity contribution in [3.63, 3.8) is 0 Å². The van der Waals surface area contributed by atoms with Crippen LogP contribution in [0.3, 0.4) is 0 Å². The van der Waals surface area contributed by atoms with Gasteiger partial charge in [-0.25, -0.2) is 17.5 Å². The molecule has 2 aromatic carbocycles. The highest BCUT2D eigenvalue weighted by atomic mass is 32.2. The highest BCUT2D eigenvalue weighted by Crippen LogP contribution is 2.39. The number of benzene rings is 2. The van der Waals surface area contributed by atoms with Crippen LogP contribution in [0.25, 0.3) is 17.5 Å². The molecule has 5 rings (SSSR count). The van der Waals surface area contributed by atoms with Gasteiger partial charge in [0.15, 0.2) is 10.6 Å². The van der Waals surface area contributed by atoms with Crippen molar-refractivity contribution in [2.45, 2.75) is 25.6 Å². The summed E-state index contributed by atoms with van der Waals surface area (Å²) in [5.74, 6) is 0.233. The van der Waals surface area contributed by atoms with Crippen LogP contribution in [0.5, 0.6) is 0 Å². The molecule has 2 fully saturated rings. The average molecular weight is 500 g/mol. The van der Waals surface area contributed by atoms with E-state index in [9.17, 15) is 12.8 Å². The summed E-state index contributed by atoms with van der Waals surface area (Å²) < 4.78 is 45.7. The molecular weight excluding hydrogens is 473 g/mol. The topological polar surface area (TPSA) is 63.4 Å². The predicted octanol–water partition coefficient (Wildman–Crippen LogP) is 4.13. The van der Waals surface area contributed by atoms with Gasteiger partial charge in [-0.15, -0.1) is 0 Å². The minimum atomic E-state index is -3.50. The summed E-state index contributed by atoms with van der Waals surface area (Å²) in [5.41, 5.74) is 1.29. The van der Waals surface area contributed by atoms with E-state index in [-0.39, 0.29) is 11.9 Å². The molecule has 7 nitrogen and oxygen atoms in total. The Bertz CT molecular complexity index is 1360. The zero-order valence-electron chi connectivity index (χ0n) is 18.6. The predicted molar refractivity (Wildman–Crippen MR) is 132 cm³/mol. The third-order valence-corrected chi connectivity index (χ3v) is 8.13. The van der Waals surface area contributed by atoms with E-state index in [4.69, 9.17) is 12.2 Å². The molecule has 1 saturated heterocycles. The molecule has 1 aromatic heterocycles. The average Bonchev–Trinajstić information content (AvgIpc) is 3.63. The van der Waals surface area contributed by atoms with E-state index in [0.717, 1.165) is 18.4 Å². The lowest BCUT2D eigenvalue weighted by Gasteiger charge is -2.32. The summed E-state index contributed by atoms with van der Waals surface area (Å²) in [4.78, 5) is 2.12. The van der Waals surface area contributed by atoms with Gasteiger partial charge in [-0.1, -0.05) is 42.5 Å². The molecule has 0 radical (unpaired) electrons. The van der Waals surface area contributed by atoms with Gasteiger partial charge in [0, 0.05) is 37.6 Å². The van der Waals surface area contributed by atoms with Crippen molar-refractivity contribution in [1.29, 1.82) is 0 Å². The van der Waals surface area contributed by atoms with Gasteiger partial charge in [-0.2, -0.15) is 9.40 Å². The van der Waals surface area contributed by atoms with Crippen LogP contribution in [-0.2, 0) is 16.7 Å². The molecule has 1 aliphatic heterocycles. The Morgan fingerprint density at radius 1 is 1.00 bits per heavy atom. The second-order valence-electron chi connectivity index (χ2n) is 8.60. The van der Waals surface area contributed by atoms with Crippen LogP contribution >= 0.6 is 12.2 Å². The van der Waals surface area contributed by atoms with Crippen molar-refractivity contribution in [2.75, 3.05) is 26.2 Å². The molecule has 0 atom stereocenters. The molecule has 34 heavy (non-hydrogen) atoms. The second kappa shape index (κ2) is 9.53. The quantitative estimate of drug-likeness (QED) is 0.458. The van der Waals surface area contributed by atoms with Crippen LogP contribution in [0.15, 0.2) is 60.0 Å². The summed E-state index contributed by atoms with van der Waals surface area (Å²) in [6.07, 6.45) is 3.64. The van der Waals surface area contributed by atoms with E-state index in [1.807, 2.05) is 34.9 Å². The van der Waals surface area contributed by atoms with Crippen molar-refractivity contribution < 1.29 is 12.8 Å². The van der Waals surface area contributed by atoms with E-state index in [1.54, 1.807) is 29.0 Å². The lowest BCUT2D eigenvalue weighted by molar-refractivity contribution is 0.145. The van der Waals surface area contributed by atoms with Crippen LogP contribution in [0.1, 0.15) is 24.4 Å². The fourth-order valence-corrected chi connectivity index (χ4v) is 5.64. The van der Waals surface area contributed by atoms with Crippen molar-refractivity contribution in [2.24, 2.45) is 0 Å².